The number of piperidine rings is 1. The fourth-order valence-corrected chi connectivity index (χ4v) is 5.97. The number of hydrogen-bond donors (Lipinski definition) is 5. The van der Waals surface area contributed by atoms with Gasteiger partial charge in [-0.2, -0.15) is 0 Å². The Morgan fingerprint density at radius 1 is 1.00 bits per heavy atom. The predicted octanol–water partition coefficient (Wildman–Crippen LogP) is 0.955. The van der Waals surface area contributed by atoms with Gasteiger partial charge >= 0.3 is 5.97 Å². The van der Waals surface area contributed by atoms with Gasteiger partial charge < -0.3 is 31.1 Å². The van der Waals surface area contributed by atoms with Gasteiger partial charge in [0.05, 0.1) is 10.6 Å². The van der Waals surface area contributed by atoms with E-state index in [-0.39, 0.29) is 28.6 Å². The van der Waals surface area contributed by atoms with Crippen LogP contribution >= 0.6 is 0 Å². The van der Waals surface area contributed by atoms with Crippen LogP contribution in [0.15, 0.2) is 47.4 Å². The number of fused-ring (bicyclic) bond motifs is 1. The van der Waals surface area contributed by atoms with Gasteiger partial charge in [0.25, 0.3) is 10.0 Å². The molecule has 0 saturated carbocycles. The summed E-state index contributed by atoms with van der Waals surface area (Å²) in [4.78, 5) is 15.0. The first-order valence-electron chi connectivity index (χ1n) is 11.9. The van der Waals surface area contributed by atoms with Gasteiger partial charge in [0.15, 0.2) is 11.9 Å². The van der Waals surface area contributed by atoms with Crippen molar-refractivity contribution in [1.29, 1.82) is 10.8 Å². The van der Waals surface area contributed by atoms with Gasteiger partial charge in [-0.15, -0.1) is 0 Å². The number of anilines is 1. The summed E-state index contributed by atoms with van der Waals surface area (Å²) in [6.07, 6.45) is 1.94. The van der Waals surface area contributed by atoms with Crippen LogP contribution in [0, 0.1) is 10.8 Å². The van der Waals surface area contributed by atoms with Crippen molar-refractivity contribution >= 4 is 33.6 Å². The molecule has 0 radical (unpaired) electrons. The summed E-state index contributed by atoms with van der Waals surface area (Å²) in [7, 11) is -4.20. The molecular weight excluding hydrogens is 498 g/mol. The zero-order chi connectivity index (χ0) is 26.7. The molecule has 1 fully saturated rings. The van der Waals surface area contributed by atoms with Crippen LogP contribution in [0.2, 0.25) is 0 Å². The molecule has 0 aliphatic carbocycles. The van der Waals surface area contributed by atoms with Crippen molar-refractivity contribution in [3.05, 3.63) is 53.6 Å². The number of nitrogens with two attached hydrogens (primary N) is 2. The molecular formula is C24H31N7O5S. The van der Waals surface area contributed by atoms with Crippen molar-refractivity contribution in [1.82, 2.24) is 9.80 Å². The van der Waals surface area contributed by atoms with Gasteiger partial charge in [-0.05, 0) is 53.9 Å². The predicted molar refractivity (Wildman–Crippen MR) is 138 cm³/mol. The maximum atomic E-state index is 13.5. The van der Waals surface area contributed by atoms with E-state index >= 15 is 0 Å². The Bertz CT molecular complexity index is 1290. The molecule has 2 aromatic carbocycles. The molecule has 0 amide bonds. The standard InChI is InChI=1S/C24H31N7O5S/c25-23(26)29-11-8-20(9-12-29)36-19-3-5-21(6-4-19)37(34,35)31(15-22(32)33)18-2-1-16-7-10-30(24(27)28)14-17(16)13-18/h1-6,13,20H,7-12,14-15H2,(H3,25,26)(H3,27,28)(H,32,33). The molecule has 7 N–H and O–H groups in total. The van der Waals surface area contributed by atoms with Gasteiger partial charge in [0.2, 0.25) is 0 Å². The number of benzene rings is 2. The second kappa shape index (κ2) is 10.5. The Hall–Kier alpha value is -4.00. The molecule has 198 valence electrons. The Morgan fingerprint density at radius 2 is 1.65 bits per heavy atom. The lowest BCUT2D eigenvalue weighted by atomic mass is 9.99. The number of guanidine groups is 2. The summed E-state index contributed by atoms with van der Waals surface area (Å²) in [6, 6.07) is 11.0. The summed E-state index contributed by atoms with van der Waals surface area (Å²) in [5.41, 5.74) is 13.2. The first-order chi connectivity index (χ1) is 17.5. The van der Waals surface area contributed by atoms with E-state index < -0.39 is 22.5 Å². The molecule has 0 unspecified atom stereocenters. The topological polar surface area (TPSA) is 190 Å². The molecule has 0 atom stereocenters. The number of ether oxygens (including phenoxy) is 1. The molecule has 4 rings (SSSR count). The fourth-order valence-electron chi connectivity index (χ4n) is 4.57. The molecule has 12 nitrogen and oxygen atoms in total. The highest BCUT2D eigenvalue weighted by molar-refractivity contribution is 7.92. The largest absolute Gasteiger partial charge is 0.490 e. The first kappa shape index (κ1) is 26.1. The third-order valence-electron chi connectivity index (χ3n) is 6.61. The van der Waals surface area contributed by atoms with E-state index in [2.05, 4.69) is 0 Å². The summed E-state index contributed by atoms with van der Waals surface area (Å²) >= 11 is 0. The highest BCUT2D eigenvalue weighted by atomic mass is 32.2. The highest BCUT2D eigenvalue weighted by Gasteiger charge is 2.29. The van der Waals surface area contributed by atoms with Gasteiger partial charge in [-0.25, -0.2) is 8.42 Å². The summed E-state index contributed by atoms with van der Waals surface area (Å²) in [5, 5.41) is 24.7. The SMILES string of the molecule is N=C(N)N1CCC(Oc2ccc(S(=O)(=O)N(CC(=O)O)c3ccc4c(c3)CN(C(=N)N)CC4)cc2)CC1. The van der Waals surface area contributed by atoms with E-state index in [4.69, 9.17) is 27.0 Å². The molecule has 1 saturated heterocycles. The van der Waals surface area contributed by atoms with Gasteiger partial charge in [-0.3, -0.25) is 19.9 Å². The number of hydrogen-bond acceptors (Lipinski definition) is 6. The van der Waals surface area contributed by atoms with Crippen molar-refractivity contribution in [2.45, 2.75) is 36.8 Å². The zero-order valence-electron chi connectivity index (χ0n) is 20.3. The Morgan fingerprint density at radius 3 is 2.24 bits per heavy atom. The Labute approximate surface area is 215 Å². The first-order valence-corrected chi connectivity index (χ1v) is 13.3. The average molecular weight is 530 g/mol. The third-order valence-corrected chi connectivity index (χ3v) is 8.39. The molecule has 37 heavy (non-hydrogen) atoms. The number of carboxylic acids is 1. The number of nitrogens with zero attached hydrogens (tertiary/aromatic N) is 3. The van der Waals surface area contributed by atoms with Crippen molar-refractivity contribution < 1.29 is 23.1 Å². The number of rotatable bonds is 7. The van der Waals surface area contributed by atoms with Crippen molar-refractivity contribution in [2.75, 3.05) is 30.5 Å². The fraction of sp³-hybridized carbons (Fsp3) is 0.375. The lowest BCUT2D eigenvalue weighted by Gasteiger charge is -2.32. The molecule has 2 aliphatic heterocycles. The van der Waals surface area contributed by atoms with E-state index in [1.165, 1.54) is 12.1 Å². The van der Waals surface area contributed by atoms with Crippen LogP contribution in [0.4, 0.5) is 5.69 Å². The highest BCUT2D eigenvalue weighted by Crippen LogP contribution is 2.30. The maximum Gasteiger partial charge on any atom is 0.324 e. The number of carboxylic acid groups (broad SMARTS) is 1. The maximum absolute atomic E-state index is 13.5. The monoisotopic (exact) mass is 529 g/mol. The zero-order valence-corrected chi connectivity index (χ0v) is 21.1. The van der Waals surface area contributed by atoms with Crippen molar-refractivity contribution in [2.24, 2.45) is 11.5 Å². The average Bonchev–Trinajstić information content (AvgIpc) is 2.87. The van der Waals surface area contributed by atoms with E-state index in [1.54, 1.807) is 40.1 Å². The number of nitrogens with one attached hydrogen (secondary N) is 2. The normalized spacial score (nSPS) is 16.1. The van der Waals surface area contributed by atoms with Crippen LogP contribution in [0.3, 0.4) is 0 Å². The molecule has 2 aromatic rings. The number of sulfonamides is 1. The molecule has 13 heteroatoms. The molecule has 0 bridgehead atoms. The van der Waals surface area contributed by atoms with Gasteiger partial charge in [-0.1, -0.05) is 6.07 Å². The summed E-state index contributed by atoms with van der Waals surface area (Å²) in [6.45, 7) is 1.41. The molecule has 2 heterocycles. The minimum Gasteiger partial charge on any atom is -0.490 e. The second-order valence-corrected chi connectivity index (χ2v) is 10.9. The third kappa shape index (κ3) is 5.88. The van der Waals surface area contributed by atoms with Crippen LogP contribution in [-0.2, 0) is 27.8 Å². The minimum atomic E-state index is -4.20. The van der Waals surface area contributed by atoms with E-state index in [1.807, 2.05) is 0 Å². The Kier molecular flexibility index (Phi) is 7.43. The van der Waals surface area contributed by atoms with Crippen LogP contribution in [0.5, 0.6) is 5.75 Å². The van der Waals surface area contributed by atoms with Gasteiger partial charge in [0, 0.05) is 39.0 Å². The lowest BCUT2D eigenvalue weighted by molar-refractivity contribution is -0.135. The molecule has 2 aliphatic rings. The Balaban J connectivity index is 1.53. The molecule has 0 spiro atoms. The van der Waals surface area contributed by atoms with Crippen LogP contribution < -0.4 is 20.5 Å². The quantitative estimate of drug-likeness (QED) is 0.257. The summed E-state index contributed by atoms with van der Waals surface area (Å²) in [5.74, 6) is -0.821. The van der Waals surface area contributed by atoms with Crippen LogP contribution in [-0.4, -0.2) is 73.5 Å². The lowest BCUT2D eigenvalue weighted by Crippen LogP contribution is -2.44. The molecule has 0 aromatic heterocycles. The number of likely N-dealkylation sites (tertiary alicyclic amines) is 1. The van der Waals surface area contributed by atoms with Crippen LogP contribution in [0.25, 0.3) is 0 Å². The number of carbonyl (C=O) groups is 1. The van der Waals surface area contributed by atoms with Crippen LogP contribution in [0.1, 0.15) is 24.0 Å². The van der Waals surface area contributed by atoms with E-state index in [0.717, 1.165) is 15.4 Å². The van der Waals surface area contributed by atoms with Crippen molar-refractivity contribution in [3.63, 3.8) is 0 Å². The summed E-state index contributed by atoms with van der Waals surface area (Å²) < 4.78 is 33.9. The smallest absolute Gasteiger partial charge is 0.324 e. The number of aliphatic carboxylic acids is 1. The minimum absolute atomic E-state index is 0.0361. The van der Waals surface area contributed by atoms with E-state index in [0.29, 0.717) is 51.2 Å². The second-order valence-electron chi connectivity index (χ2n) is 9.08. The van der Waals surface area contributed by atoms with Gasteiger partial charge in [0.1, 0.15) is 18.4 Å². The van der Waals surface area contributed by atoms with E-state index in [9.17, 15) is 18.3 Å². The van der Waals surface area contributed by atoms with Crippen molar-refractivity contribution in [3.8, 4) is 5.75 Å².